The highest BCUT2D eigenvalue weighted by Gasteiger charge is 2.16. The fourth-order valence-corrected chi connectivity index (χ4v) is 2.95. The highest BCUT2D eigenvalue weighted by Crippen LogP contribution is 2.17. The Bertz CT molecular complexity index is 628. The van der Waals surface area contributed by atoms with Gasteiger partial charge >= 0.3 is 11.9 Å². The first-order valence-corrected chi connectivity index (χ1v) is 10.00. The molecule has 148 valence electrons. The zero-order chi connectivity index (χ0) is 19.9. The second-order valence-electron chi connectivity index (χ2n) is 6.82. The van der Waals surface area contributed by atoms with E-state index in [0.29, 0.717) is 5.56 Å². The average Bonchev–Trinajstić information content (AvgIpc) is 2.64. The van der Waals surface area contributed by atoms with Crippen LogP contribution in [0.4, 0.5) is 0 Å². The molecule has 4 nitrogen and oxygen atoms in total. The summed E-state index contributed by atoms with van der Waals surface area (Å²) in [5.74, 6) is -2.87. The minimum absolute atomic E-state index is 0.598. The molecule has 0 saturated carbocycles. The smallest absolute Gasteiger partial charge is 0.343 e. The molecule has 1 aromatic carbocycles. The van der Waals surface area contributed by atoms with Crippen LogP contribution in [-0.4, -0.2) is 22.2 Å². The lowest BCUT2D eigenvalue weighted by atomic mass is 10.0. The van der Waals surface area contributed by atoms with Gasteiger partial charge in [0.05, 0.1) is 0 Å². The van der Waals surface area contributed by atoms with Crippen LogP contribution in [-0.2, 0) is 9.59 Å². The number of carboxylic acid groups (broad SMARTS) is 2. The molecule has 1 aromatic rings. The van der Waals surface area contributed by atoms with E-state index in [1.807, 2.05) is 18.2 Å². The van der Waals surface area contributed by atoms with Crippen molar-refractivity contribution in [3.05, 3.63) is 47.0 Å². The van der Waals surface area contributed by atoms with Crippen molar-refractivity contribution in [3.63, 3.8) is 0 Å². The van der Waals surface area contributed by atoms with Crippen LogP contribution in [0.2, 0.25) is 0 Å². The number of aliphatic carboxylic acids is 2. The SMILES string of the molecule is CCCCCCCCCCCC=Cc1ccccc1C=C(C(=O)O)C(=O)O. The number of benzene rings is 1. The summed E-state index contributed by atoms with van der Waals surface area (Å²) in [6.07, 6.45) is 17.8. The summed E-state index contributed by atoms with van der Waals surface area (Å²) >= 11 is 0. The van der Waals surface area contributed by atoms with Crippen LogP contribution in [0.25, 0.3) is 12.2 Å². The lowest BCUT2D eigenvalue weighted by Gasteiger charge is -2.03. The molecule has 0 aromatic heterocycles. The predicted octanol–water partition coefficient (Wildman–Crippen LogP) is 6.17. The van der Waals surface area contributed by atoms with E-state index in [1.54, 1.807) is 12.1 Å². The molecule has 0 amide bonds. The quantitative estimate of drug-likeness (QED) is 0.177. The Hall–Kier alpha value is -2.36. The first-order chi connectivity index (χ1) is 13.1. The van der Waals surface area contributed by atoms with E-state index in [2.05, 4.69) is 13.0 Å². The summed E-state index contributed by atoms with van der Waals surface area (Å²) in [6, 6.07) is 7.21. The highest BCUT2D eigenvalue weighted by molar-refractivity contribution is 6.16. The third-order valence-electron chi connectivity index (χ3n) is 4.53. The fraction of sp³-hybridized carbons (Fsp3) is 0.478. The molecule has 0 aliphatic heterocycles. The number of hydrogen-bond acceptors (Lipinski definition) is 2. The van der Waals surface area contributed by atoms with Gasteiger partial charge in [-0.15, -0.1) is 0 Å². The van der Waals surface area contributed by atoms with Gasteiger partial charge in [0.25, 0.3) is 0 Å². The largest absolute Gasteiger partial charge is 0.477 e. The Morgan fingerprint density at radius 3 is 1.89 bits per heavy atom. The molecule has 0 spiro atoms. The van der Waals surface area contributed by atoms with Gasteiger partial charge in [-0.3, -0.25) is 0 Å². The summed E-state index contributed by atoms with van der Waals surface area (Å²) in [5, 5.41) is 18.0. The van der Waals surface area contributed by atoms with Crippen molar-refractivity contribution < 1.29 is 19.8 Å². The molecule has 0 bridgehead atoms. The van der Waals surface area contributed by atoms with Crippen LogP contribution in [0.1, 0.15) is 82.3 Å². The summed E-state index contributed by atoms with van der Waals surface area (Å²) < 4.78 is 0. The number of carboxylic acids is 2. The average molecular weight is 373 g/mol. The van der Waals surface area contributed by atoms with E-state index in [9.17, 15) is 9.59 Å². The first kappa shape index (κ1) is 22.7. The van der Waals surface area contributed by atoms with Crippen molar-refractivity contribution >= 4 is 24.1 Å². The highest BCUT2D eigenvalue weighted by atomic mass is 16.4. The number of carbonyl (C=O) groups is 2. The molecule has 1 rings (SSSR count). The van der Waals surface area contributed by atoms with Crippen LogP contribution in [0.5, 0.6) is 0 Å². The first-order valence-electron chi connectivity index (χ1n) is 10.00. The Labute approximate surface area is 162 Å². The summed E-state index contributed by atoms with van der Waals surface area (Å²) in [4.78, 5) is 22.1. The molecule has 0 radical (unpaired) electrons. The van der Waals surface area contributed by atoms with E-state index in [4.69, 9.17) is 10.2 Å². The minimum atomic E-state index is -1.43. The van der Waals surface area contributed by atoms with Gasteiger partial charge in [-0.25, -0.2) is 9.59 Å². The van der Waals surface area contributed by atoms with Crippen LogP contribution in [0.15, 0.2) is 35.9 Å². The van der Waals surface area contributed by atoms with E-state index in [1.165, 1.54) is 57.4 Å². The third kappa shape index (κ3) is 9.78. The summed E-state index contributed by atoms with van der Waals surface area (Å²) in [7, 11) is 0. The van der Waals surface area contributed by atoms with Crippen molar-refractivity contribution in [2.75, 3.05) is 0 Å². The molecule has 4 heteroatoms. The van der Waals surface area contributed by atoms with Gasteiger partial charge in [0.1, 0.15) is 5.57 Å². The maximum absolute atomic E-state index is 11.0. The molecule has 0 fully saturated rings. The topological polar surface area (TPSA) is 74.6 Å². The normalized spacial score (nSPS) is 10.9. The maximum atomic E-state index is 11.0. The molecule has 0 aliphatic carbocycles. The number of rotatable bonds is 14. The zero-order valence-corrected chi connectivity index (χ0v) is 16.3. The van der Waals surface area contributed by atoms with Gasteiger partial charge in [0.15, 0.2) is 0 Å². The Morgan fingerprint density at radius 2 is 1.33 bits per heavy atom. The second kappa shape index (κ2) is 13.8. The van der Waals surface area contributed by atoms with Crippen molar-refractivity contribution in [1.29, 1.82) is 0 Å². The van der Waals surface area contributed by atoms with Crippen molar-refractivity contribution in [3.8, 4) is 0 Å². The van der Waals surface area contributed by atoms with E-state index < -0.39 is 17.5 Å². The molecule has 0 heterocycles. The monoisotopic (exact) mass is 372 g/mol. The Balaban J connectivity index is 2.43. The van der Waals surface area contributed by atoms with Crippen molar-refractivity contribution in [2.24, 2.45) is 0 Å². The lowest BCUT2D eigenvalue weighted by molar-refractivity contribution is -0.140. The van der Waals surface area contributed by atoms with Gasteiger partial charge in [-0.2, -0.15) is 0 Å². The van der Waals surface area contributed by atoms with Crippen LogP contribution < -0.4 is 0 Å². The lowest BCUT2D eigenvalue weighted by Crippen LogP contribution is -2.10. The van der Waals surface area contributed by atoms with Crippen LogP contribution in [0.3, 0.4) is 0 Å². The van der Waals surface area contributed by atoms with Gasteiger partial charge in [-0.05, 0) is 30.0 Å². The molecule has 2 N–H and O–H groups in total. The molecule has 0 unspecified atom stereocenters. The number of hydrogen-bond donors (Lipinski definition) is 2. The summed E-state index contributed by atoms with van der Waals surface area (Å²) in [5.41, 5.74) is 0.795. The van der Waals surface area contributed by atoms with E-state index >= 15 is 0 Å². The molecule has 0 atom stereocenters. The Morgan fingerprint density at radius 1 is 0.815 bits per heavy atom. The number of allylic oxidation sites excluding steroid dienone is 1. The van der Waals surface area contributed by atoms with Gasteiger partial charge in [-0.1, -0.05) is 94.7 Å². The Kier molecular flexibility index (Phi) is 11.6. The van der Waals surface area contributed by atoms with Crippen molar-refractivity contribution in [2.45, 2.75) is 71.1 Å². The maximum Gasteiger partial charge on any atom is 0.343 e. The van der Waals surface area contributed by atoms with Gasteiger partial charge in [0.2, 0.25) is 0 Å². The molecular weight excluding hydrogens is 340 g/mol. The minimum Gasteiger partial charge on any atom is -0.477 e. The standard InChI is InChI=1S/C23H32O4/c1-2-3-4-5-6-7-8-9-10-11-12-15-19-16-13-14-17-20(19)18-21(22(24)25)23(26)27/h12-18H,2-11H2,1H3,(H,24,25)(H,26,27). The zero-order valence-electron chi connectivity index (χ0n) is 16.3. The van der Waals surface area contributed by atoms with E-state index in [-0.39, 0.29) is 0 Å². The van der Waals surface area contributed by atoms with Crippen LogP contribution in [0, 0.1) is 0 Å². The van der Waals surface area contributed by atoms with Crippen molar-refractivity contribution in [1.82, 2.24) is 0 Å². The van der Waals surface area contributed by atoms with Crippen LogP contribution >= 0.6 is 0 Å². The molecular formula is C23H32O4. The van der Waals surface area contributed by atoms with E-state index in [0.717, 1.165) is 18.4 Å². The molecule has 0 saturated heterocycles. The fourth-order valence-electron chi connectivity index (χ4n) is 2.95. The predicted molar refractivity (Wildman–Crippen MR) is 111 cm³/mol. The summed E-state index contributed by atoms with van der Waals surface area (Å²) in [6.45, 7) is 2.24. The van der Waals surface area contributed by atoms with Gasteiger partial charge in [0, 0.05) is 0 Å². The van der Waals surface area contributed by atoms with Gasteiger partial charge < -0.3 is 10.2 Å². The number of unbranched alkanes of at least 4 members (excludes halogenated alkanes) is 9. The molecule has 0 aliphatic rings. The second-order valence-corrected chi connectivity index (χ2v) is 6.82. The molecule has 27 heavy (non-hydrogen) atoms. The third-order valence-corrected chi connectivity index (χ3v) is 4.53.